The average Bonchev–Trinajstić information content (AvgIpc) is 2.84. The van der Waals surface area contributed by atoms with Gasteiger partial charge in [0.2, 0.25) is 0 Å². The monoisotopic (exact) mass is 200 g/mol. The summed E-state index contributed by atoms with van der Waals surface area (Å²) in [5.41, 5.74) is 5.89. The lowest BCUT2D eigenvalue weighted by atomic mass is 10.1. The summed E-state index contributed by atoms with van der Waals surface area (Å²) in [5, 5.41) is 9.33. The molecule has 0 saturated heterocycles. The molecule has 0 amide bonds. The fraction of sp³-hybridized carbons (Fsp3) is 1.00. The molecule has 0 radical (unpaired) electrons. The molecule has 0 aromatic carbocycles. The molecule has 1 aliphatic carbocycles. The summed E-state index contributed by atoms with van der Waals surface area (Å²) in [6.45, 7) is 7.64. The SMILES string of the molecule is CC(C)CN(C1CC1)C(CO)C(C)N. The van der Waals surface area contributed by atoms with Crippen LogP contribution in [0.5, 0.6) is 0 Å². The highest BCUT2D eigenvalue weighted by atomic mass is 16.3. The molecule has 0 spiro atoms. The van der Waals surface area contributed by atoms with E-state index in [0.717, 1.165) is 6.54 Å². The zero-order valence-corrected chi connectivity index (χ0v) is 9.61. The van der Waals surface area contributed by atoms with Gasteiger partial charge < -0.3 is 10.8 Å². The van der Waals surface area contributed by atoms with Gasteiger partial charge in [-0.3, -0.25) is 4.90 Å². The first-order valence-electron chi connectivity index (χ1n) is 5.68. The molecule has 0 heterocycles. The molecule has 0 aromatic heterocycles. The maximum Gasteiger partial charge on any atom is 0.0601 e. The van der Waals surface area contributed by atoms with E-state index < -0.39 is 0 Å². The second-order valence-corrected chi connectivity index (χ2v) is 4.93. The summed E-state index contributed by atoms with van der Waals surface area (Å²) in [7, 11) is 0. The minimum Gasteiger partial charge on any atom is -0.395 e. The van der Waals surface area contributed by atoms with E-state index in [1.165, 1.54) is 12.8 Å². The maximum absolute atomic E-state index is 9.33. The molecule has 3 N–H and O–H groups in total. The van der Waals surface area contributed by atoms with Crippen molar-refractivity contribution in [1.82, 2.24) is 4.90 Å². The third-order valence-corrected chi connectivity index (χ3v) is 2.81. The van der Waals surface area contributed by atoms with Gasteiger partial charge in [0.15, 0.2) is 0 Å². The zero-order chi connectivity index (χ0) is 10.7. The van der Waals surface area contributed by atoms with Crippen molar-refractivity contribution in [3.05, 3.63) is 0 Å². The summed E-state index contributed by atoms with van der Waals surface area (Å²) in [6, 6.07) is 0.879. The predicted molar refractivity (Wildman–Crippen MR) is 59.1 cm³/mol. The number of aliphatic hydroxyl groups is 1. The highest BCUT2D eigenvalue weighted by molar-refractivity contribution is 4.91. The van der Waals surface area contributed by atoms with E-state index in [9.17, 15) is 5.11 Å². The fourth-order valence-corrected chi connectivity index (χ4v) is 1.96. The predicted octanol–water partition coefficient (Wildman–Crippen LogP) is 0.815. The molecule has 0 bridgehead atoms. The Hall–Kier alpha value is -0.120. The fourth-order valence-electron chi connectivity index (χ4n) is 1.96. The van der Waals surface area contributed by atoms with Crippen LogP contribution in [0.1, 0.15) is 33.6 Å². The molecule has 0 aliphatic heterocycles. The van der Waals surface area contributed by atoms with Crippen LogP contribution in [-0.2, 0) is 0 Å². The third kappa shape index (κ3) is 3.23. The molecule has 2 unspecified atom stereocenters. The van der Waals surface area contributed by atoms with Crippen molar-refractivity contribution in [2.45, 2.75) is 51.7 Å². The number of rotatable bonds is 6. The van der Waals surface area contributed by atoms with Crippen LogP contribution in [-0.4, -0.2) is 41.3 Å². The molecule has 1 saturated carbocycles. The molecule has 2 atom stereocenters. The minimum absolute atomic E-state index is 0.0550. The molecule has 1 fully saturated rings. The van der Waals surface area contributed by atoms with Crippen LogP contribution in [0.25, 0.3) is 0 Å². The van der Waals surface area contributed by atoms with Gasteiger partial charge in [-0.2, -0.15) is 0 Å². The summed E-state index contributed by atoms with van der Waals surface area (Å²) < 4.78 is 0. The average molecular weight is 200 g/mol. The van der Waals surface area contributed by atoms with Gasteiger partial charge in [0, 0.05) is 24.7 Å². The molecule has 3 nitrogen and oxygen atoms in total. The Bertz CT molecular complexity index is 167. The highest BCUT2D eigenvalue weighted by Crippen LogP contribution is 2.29. The van der Waals surface area contributed by atoms with Crippen LogP contribution in [0.4, 0.5) is 0 Å². The highest BCUT2D eigenvalue weighted by Gasteiger charge is 2.35. The number of nitrogens with zero attached hydrogens (tertiary/aromatic N) is 1. The van der Waals surface area contributed by atoms with E-state index in [1.807, 2.05) is 6.92 Å². The number of nitrogens with two attached hydrogens (primary N) is 1. The van der Waals surface area contributed by atoms with Crippen LogP contribution in [0.15, 0.2) is 0 Å². The molecule has 84 valence electrons. The topological polar surface area (TPSA) is 49.5 Å². The van der Waals surface area contributed by atoms with Gasteiger partial charge in [-0.15, -0.1) is 0 Å². The first-order valence-corrected chi connectivity index (χ1v) is 5.68. The quantitative estimate of drug-likeness (QED) is 0.667. The number of hydrogen-bond donors (Lipinski definition) is 2. The third-order valence-electron chi connectivity index (χ3n) is 2.81. The molecular formula is C11H24N2O. The van der Waals surface area contributed by atoms with Crippen molar-refractivity contribution in [1.29, 1.82) is 0 Å². The van der Waals surface area contributed by atoms with E-state index in [4.69, 9.17) is 5.73 Å². The van der Waals surface area contributed by atoms with Crippen LogP contribution in [0.3, 0.4) is 0 Å². The second kappa shape index (κ2) is 5.10. The number of aliphatic hydroxyl groups excluding tert-OH is 1. The van der Waals surface area contributed by atoms with Crippen molar-refractivity contribution >= 4 is 0 Å². The van der Waals surface area contributed by atoms with E-state index in [-0.39, 0.29) is 18.7 Å². The first kappa shape index (κ1) is 12.0. The molecule has 0 aromatic rings. The summed E-state index contributed by atoms with van der Waals surface area (Å²) >= 11 is 0. The lowest BCUT2D eigenvalue weighted by Gasteiger charge is -2.34. The Labute approximate surface area is 87.3 Å². The first-order chi connectivity index (χ1) is 6.56. The van der Waals surface area contributed by atoms with Crippen LogP contribution < -0.4 is 5.73 Å². The Kier molecular flexibility index (Phi) is 4.35. The number of hydrogen-bond acceptors (Lipinski definition) is 3. The lowest BCUT2D eigenvalue weighted by molar-refractivity contribution is 0.0903. The maximum atomic E-state index is 9.33. The zero-order valence-electron chi connectivity index (χ0n) is 9.61. The molecular weight excluding hydrogens is 176 g/mol. The van der Waals surface area contributed by atoms with Crippen molar-refractivity contribution in [2.75, 3.05) is 13.2 Å². The Morgan fingerprint density at radius 3 is 2.21 bits per heavy atom. The van der Waals surface area contributed by atoms with Gasteiger partial charge in [-0.25, -0.2) is 0 Å². The van der Waals surface area contributed by atoms with Gasteiger partial charge in [0.05, 0.1) is 6.61 Å². The molecule has 14 heavy (non-hydrogen) atoms. The van der Waals surface area contributed by atoms with Crippen molar-refractivity contribution in [3.63, 3.8) is 0 Å². The smallest absolute Gasteiger partial charge is 0.0601 e. The van der Waals surface area contributed by atoms with Crippen molar-refractivity contribution in [2.24, 2.45) is 11.7 Å². The lowest BCUT2D eigenvalue weighted by Crippen LogP contribution is -2.50. The summed E-state index contributed by atoms with van der Waals surface area (Å²) in [4.78, 5) is 2.40. The van der Waals surface area contributed by atoms with Crippen molar-refractivity contribution in [3.8, 4) is 0 Å². The standard InChI is InChI=1S/C11H24N2O/c1-8(2)6-13(10-4-5-10)11(7-14)9(3)12/h8-11,14H,4-7,12H2,1-3H3. The Morgan fingerprint density at radius 1 is 1.36 bits per heavy atom. The summed E-state index contributed by atoms with van der Waals surface area (Å²) in [5.74, 6) is 0.642. The van der Waals surface area contributed by atoms with Crippen LogP contribution >= 0.6 is 0 Å². The molecule has 1 aliphatic rings. The van der Waals surface area contributed by atoms with Gasteiger partial charge >= 0.3 is 0 Å². The van der Waals surface area contributed by atoms with Gasteiger partial charge in [0.1, 0.15) is 0 Å². The Balaban J connectivity index is 2.54. The van der Waals surface area contributed by atoms with Crippen LogP contribution in [0, 0.1) is 5.92 Å². The van der Waals surface area contributed by atoms with Gasteiger partial charge in [-0.1, -0.05) is 13.8 Å². The van der Waals surface area contributed by atoms with Crippen molar-refractivity contribution < 1.29 is 5.11 Å². The molecule has 3 heteroatoms. The van der Waals surface area contributed by atoms with Crippen LogP contribution in [0.2, 0.25) is 0 Å². The van der Waals surface area contributed by atoms with Gasteiger partial charge in [0.25, 0.3) is 0 Å². The van der Waals surface area contributed by atoms with E-state index in [2.05, 4.69) is 18.7 Å². The molecule has 1 rings (SSSR count). The van der Waals surface area contributed by atoms with E-state index in [1.54, 1.807) is 0 Å². The van der Waals surface area contributed by atoms with E-state index >= 15 is 0 Å². The van der Waals surface area contributed by atoms with E-state index in [0.29, 0.717) is 12.0 Å². The minimum atomic E-state index is 0.0550. The van der Waals surface area contributed by atoms with Gasteiger partial charge in [-0.05, 0) is 25.7 Å². The summed E-state index contributed by atoms with van der Waals surface area (Å²) in [6.07, 6.45) is 2.55. The Morgan fingerprint density at radius 2 is 1.93 bits per heavy atom. The second-order valence-electron chi connectivity index (χ2n) is 4.93. The largest absolute Gasteiger partial charge is 0.395 e. The normalized spacial score (nSPS) is 21.6.